The molecule has 0 radical (unpaired) electrons. The monoisotopic (exact) mass is 313 g/mol. The average molecular weight is 314 g/mol. The van der Waals surface area contributed by atoms with Crippen LogP contribution in [0.25, 0.3) is 0 Å². The third-order valence-corrected chi connectivity index (χ3v) is 3.43. The topological polar surface area (TPSA) is 38.3 Å². The van der Waals surface area contributed by atoms with Gasteiger partial charge in [0.2, 0.25) is 0 Å². The molecule has 112 valence electrons. The van der Waals surface area contributed by atoms with Crippen molar-refractivity contribution in [3.63, 3.8) is 0 Å². The molecule has 2 aromatic rings. The molecule has 0 saturated heterocycles. The number of benzene rings is 2. The Balaban J connectivity index is 1.78. The van der Waals surface area contributed by atoms with E-state index in [1.807, 2.05) is 55.5 Å². The summed E-state index contributed by atoms with van der Waals surface area (Å²) >= 11 is 6.02. The molecule has 1 amide bonds. The van der Waals surface area contributed by atoms with E-state index in [9.17, 15) is 4.79 Å². The Bertz CT molecular complexity index is 702. The van der Waals surface area contributed by atoms with Gasteiger partial charge in [0.05, 0.1) is 6.54 Å². The SMILES string of the molecule is Cc1c(Cl)cccc1C#CCNC(=O)OCc1ccccc1. The van der Waals surface area contributed by atoms with Crippen LogP contribution in [0.15, 0.2) is 48.5 Å². The number of carbonyl (C=O) groups excluding carboxylic acids is 1. The number of amides is 1. The highest BCUT2D eigenvalue weighted by Crippen LogP contribution is 2.17. The molecule has 2 rings (SSSR count). The molecule has 0 saturated carbocycles. The molecule has 3 nitrogen and oxygen atoms in total. The predicted octanol–water partition coefficient (Wildman–Crippen LogP) is 3.93. The minimum atomic E-state index is -0.485. The molecule has 22 heavy (non-hydrogen) atoms. The number of nitrogens with one attached hydrogen (secondary N) is 1. The molecule has 0 unspecified atom stereocenters. The lowest BCUT2D eigenvalue weighted by molar-refractivity contribution is 0.141. The fraction of sp³-hybridized carbons (Fsp3) is 0.167. The summed E-state index contributed by atoms with van der Waals surface area (Å²) in [5.74, 6) is 5.86. The van der Waals surface area contributed by atoms with Crippen LogP contribution < -0.4 is 5.32 Å². The number of carbonyl (C=O) groups is 1. The van der Waals surface area contributed by atoms with Gasteiger partial charge in [-0.25, -0.2) is 4.79 Å². The van der Waals surface area contributed by atoms with Gasteiger partial charge in [0.25, 0.3) is 0 Å². The number of hydrogen-bond donors (Lipinski definition) is 1. The summed E-state index contributed by atoms with van der Waals surface area (Å²) in [6.45, 7) is 2.38. The molecule has 0 aliphatic rings. The zero-order chi connectivity index (χ0) is 15.8. The van der Waals surface area contributed by atoms with Gasteiger partial charge >= 0.3 is 6.09 Å². The molecule has 0 bridgehead atoms. The van der Waals surface area contributed by atoms with E-state index in [-0.39, 0.29) is 13.2 Å². The van der Waals surface area contributed by atoms with Crippen LogP contribution in [-0.4, -0.2) is 12.6 Å². The summed E-state index contributed by atoms with van der Waals surface area (Å²) in [6, 6.07) is 15.1. The van der Waals surface area contributed by atoms with E-state index in [1.54, 1.807) is 0 Å². The van der Waals surface area contributed by atoms with E-state index >= 15 is 0 Å². The van der Waals surface area contributed by atoms with Crippen LogP contribution in [0, 0.1) is 18.8 Å². The fourth-order valence-electron chi connectivity index (χ4n) is 1.77. The molecule has 0 spiro atoms. The van der Waals surface area contributed by atoms with Gasteiger partial charge in [-0.1, -0.05) is 59.8 Å². The second-order valence-corrected chi connectivity index (χ2v) is 5.04. The first-order chi connectivity index (χ1) is 10.7. The first kappa shape index (κ1) is 15.9. The maximum Gasteiger partial charge on any atom is 0.408 e. The third-order valence-electron chi connectivity index (χ3n) is 3.02. The lowest BCUT2D eigenvalue weighted by atomic mass is 10.1. The van der Waals surface area contributed by atoms with E-state index in [2.05, 4.69) is 17.2 Å². The van der Waals surface area contributed by atoms with Crippen molar-refractivity contribution in [2.24, 2.45) is 0 Å². The van der Waals surface area contributed by atoms with Gasteiger partial charge in [0.15, 0.2) is 0 Å². The summed E-state index contributed by atoms with van der Waals surface area (Å²) < 4.78 is 5.08. The molecule has 0 heterocycles. The van der Waals surface area contributed by atoms with Crippen molar-refractivity contribution >= 4 is 17.7 Å². The van der Waals surface area contributed by atoms with E-state index < -0.39 is 6.09 Å². The van der Waals surface area contributed by atoms with E-state index in [0.717, 1.165) is 16.7 Å². The first-order valence-electron chi connectivity index (χ1n) is 6.85. The van der Waals surface area contributed by atoms with Crippen molar-refractivity contribution in [1.29, 1.82) is 0 Å². The Kier molecular flexibility index (Phi) is 5.88. The highest BCUT2D eigenvalue weighted by Gasteiger charge is 2.01. The summed E-state index contributed by atoms with van der Waals surface area (Å²) in [5, 5.41) is 3.27. The molecule has 0 aliphatic carbocycles. The minimum absolute atomic E-state index is 0.222. The van der Waals surface area contributed by atoms with Crippen molar-refractivity contribution in [1.82, 2.24) is 5.32 Å². The van der Waals surface area contributed by atoms with Gasteiger partial charge in [-0.3, -0.25) is 0 Å². The molecule has 0 aliphatic heterocycles. The van der Waals surface area contributed by atoms with Crippen LogP contribution in [-0.2, 0) is 11.3 Å². The number of halogens is 1. The van der Waals surface area contributed by atoms with Crippen molar-refractivity contribution in [2.45, 2.75) is 13.5 Å². The van der Waals surface area contributed by atoms with Crippen LogP contribution in [0.2, 0.25) is 5.02 Å². The fourth-order valence-corrected chi connectivity index (χ4v) is 1.95. The lowest BCUT2D eigenvalue weighted by Gasteiger charge is -2.04. The minimum Gasteiger partial charge on any atom is -0.445 e. The summed E-state index contributed by atoms with van der Waals surface area (Å²) in [4.78, 5) is 11.5. The molecule has 0 aromatic heterocycles. The van der Waals surface area contributed by atoms with Gasteiger partial charge in [-0.05, 0) is 30.2 Å². The van der Waals surface area contributed by atoms with Gasteiger partial charge in [0, 0.05) is 10.6 Å². The third kappa shape index (κ3) is 4.83. The second kappa shape index (κ2) is 8.11. The zero-order valence-corrected chi connectivity index (χ0v) is 13.0. The van der Waals surface area contributed by atoms with Crippen molar-refractivity contribution in [3.05, 3.63) is 70.2 Å². The van der Waals surface area contributed by atoms with Crippen molar-refractivity contribution in [2.75, 3.05) is 6.54 Å². The molecule has 4 heteroatoms. The molecule has 0 fully saturated rings. The Morgan fingerprint density at radius 3 is 2.73 bits per heavy atom. The summed E-state index contributed by atoms with van der Waals surface area (Å²) in [5.41, 5.74) is 2.73. The maximum absolute atomic E-state index is 11.5. The Hall–Kier alpha value is -2.44. The molecular formula is C18H16ClNO2. The molecule has 0 atom stereocenters. The van der Waals surface area contributed by atoms with Crippen molar-refractivity contribution in [3.8, 4) is 11.8 Å². The van der Waals surface area contributed by atoms with Crippen LogP contribution in [0.5, 0.6) is 0 Å². The molecule has 2 aromatic carbocycles. The van der Waals surface area contributed by atoms with E-state index in [4.69, 9.17) is 16.3 Å². The smallest absolute Gasteiger partial charge is 0.408 e. The summed E-state index contributed by atoms with van der Waals surface area (Å²) in [7, 11) is 0. The van der Waals surface area contributed by atoms with Crippen LogP contribution >= 0.6 is 11.6 Å². The predicted molar refractivity (Wildman–Crippen MR) is 87.7 cm³/mol. The Labute approximate surface area is 135 Å². The number of hydrogen-bond acceptors (Lipinski definition) is 2. The number of alkyl carbamates (subject to hydrolysis) is 1. The average Bonchev–Trinajstić information content (AvgIpc) is 2.54. The van der Waals surface area contributed by atoms with E-state index in [1.165, 1.54) is 0 Å². The normalized spacial score (nSPS) is 9.55. The number of rotatable bonds is 3. The Morgan fingerprint density at radius 1 is 1.18 bits per heavy atom. The second-order valence-electron chi connectivity index (χ2n) is 4.63. The standard InChI is InChI=1S/C18H16ClNO2/c1-14-16(9-5-11-17(14)19)10-6-12-20-18(21)22-13-15-7-3-2-4-8-15/h2-5,7-9,11H,12-13H2,1H3,(H,20,21). The largest absolute Gasteiger partial charge is 0.445 e. The highest BCUT2D eigenvalue weighted by molar-refractivity contribution is 6.31. The van der Waals surface area contributed by atoms with Gasteiger partial charge < -0.3 is 10.1 Å². The first-order valence-corrected chi connectivity index (χ1v) is 7.23. The van der Waals surface area contributed by atoms with Gasteiger partial charge in [0.1, 0.15) is 6.61 Å². The summed E-state index contributed by atoms with van der Waals surface area (Å²) in [6.07, 6.45) is -0.485. The molecular weight excluding hydrogens is 298 g/mol. The zero-order valence-electron chi connectivity index (χ0n) is 12.2. The lowest BCUT2D eigenvalue weighted by Crippen LogP contribution is -2.24. The Morgan fingerprint density at radius 2 is 1.95 bits per heavy atom. The quantitative estimate of drug-likeness (QED) is 0.872. The molecule has 1 N–H and O–H groups in total. The van der Waals surface area contributed by atoms with Crippen molar-refractivity contribution < 1.29 is 9.53 Å². The number of ether oxygens (including phenoxy) is 1. The van der Waals surface area contributed by atoms with Gasteiger partial charge in [-0.2, -0.15) is 0 Å². The maximum atomic E-state index is 11.5. The van der Waals surface area contributed by atoms with Crippen LogP contribution in [0.4, 0.5) is 4.79 Å². The van der Waals surface area contributed by atoms with Crippen LogP contribution in [0.1, 0.15) is 16.7 Å². The van der Waals surface area contributed by atoms with Crippen LogP contribution in [0.3, 0.4) is 0 Å². The van der Waals surface area contributed by atoms with E-state index in [0.29, 0.717) is 5.02 Å². The van der Waals surface area contributed by atoms with Gasteiger partial charge in [-0.15, -0.1) is 0 Å². The highest BCUT2D eigenvalue weighted by atomic mass is 35.5.